The van der Waals surface area contributed by atoms with Gasteiger partial charge in [-0.05, 0) is 69.9 Å². The summed E-state index contributed by atoms with van der Waals surface area (Å²) >= 11 is 0. The molecular formula is C31H38F3N5O6. The summed E-state index contributed by atoms with van der Waals surface area (Å²) in [5.41, 5.74) is 0.588. The molecule has 0 bridgehead atoms. The average Bonchev–Trinajstić information content (AvgIpc) is 3.39. The zero-order valence-electron chi connectivity index (χ0n) is 26.2. The predicted molar refractivity (Wildman–Crippen MR) is 154 cm³/mol. The first-order chi connectivity index (χ1) is 21.2. The van der Waals surface area contributed by atoms with E-state index in [4.69, 9.17) is 9.47 Å². The first-order valence-corrected chi connectivity index (χ1v) is 14.6. The fourth-order valence-corrected chi connectivity index (χ4v) is 4.97. The quantitative estimate of drug-likeness (QED) is 0.218. The smallest absolute Gasteiger partial charge is 0.487 e. The number of ether oxygens (including phenoxy) is 2. The third-order valence-corrected chi connectivity index (χ3v) is 8.27. The fourth-order valence-electron chi connectivity index (χ4n) is 4.97. The molecule has 4 rings (SSSR count). The highest BCUT2D eigenvalue weighted by molar-refractivity contribution is 5.80. The summed E-state index contributed by atoms with van der Waals surface area (Å²) < 4.78 is 52.4. The zero-order chi connectivity index (χ0) is 33.0. The lowest BCUT2D eigenvalue weighted by Crippen LogP contribution is -2.48. The lowest BCUT2D eigenvalue weighted by atomic mass is 9.71. The minimum absolute atomic E-state index is 0.0443. The Labute approximate surface area is 259 Å². The highest BCUT2D eigenvalue weighted by Crippen LogP contribution is 2.45. The lowest BCUT2D eigenvalue weighted by molar-refractivity contribution is -0.296. The Balaban J connectivity index is 1.67. The lowest BCUT2D eigenvalue weighted by Gasteiger charge is -2.42. The molecule has 0 amide bonds. The number of carbonyl (C=O) groups excluding carboxylic acids is 2. The number of hydrogen-bond donors (Lipinski definition) is 0. The monoisotopic (exact) mass is 633 g/mol. The topological polar surface area (TPSA) is 118 Å². The molecule has 0 spiro atoms. The molecule has 0 radical (unpaired) electrons. The first kappa shape index (κ1) is 33.8. The van der Waals surface area contributed by atoms with Gasteiger partial charge in [-0.25, -0.2) is 19.4 Å². The zero-order valence-corrected chi connectivity index (χ0v) is 26.2. The van der Waals surface area contributed by atoms with Gasteiger partial charge in [-0.15, -0.1) is 5.10 Å². The number of hydrogen-bond acceptors (Lipinski definition) is 10. The number of carbonyl (C=O) groups is 2. The number of benzene rings is 1. The highest BCUT2D eigenvalue weighted by atomic mass is 19.4. The highest BCUT2D eigenvalue weighted by Gasteiger charge is 2.52. The SMILES string of the molecule is CC[C@@H]1CN(Cc2cc([C@](C)(OCc3cn(CC)nn3)C(C)(C)C(=O)OOC(=O)C(F)(F)F)ccc2C)Cc2ncccc2O1. The van der Waals surface area contributed by atoms with Crippen LogP contribution < -0.4 is 4.74 Å². The van der Waals surface area contributed by atoms with Crippen molar-refractivity contribution >= 4 is 11.9 Å². The molecule has 3 heterocycles. The van der Waals surface area contributed by atoms with Gasteiger partial charge in [0, 0.05) is 32.4 Å². The molecule has 2 aromatic heterocycles. The van der Waals surface area contributed by atoms with E-state index in [2.05, 4.69) is 36.9 Å². The van der Waals surface area contributed by atoms with Crippen LogP contribution >= 0.6 is 0 Å². The van der Waals surface area contributed by atoms with Crippen LogP contribution in [0, 0.1) is 12.3 Å². The minimum Gasteiger partial charge on any atom is -0.487 e. The van der Waals surface area contributed by atoms with Crippen molar-refractivity contribution in [3.8, 4) is 5.75 Å². The normalized spacial score (nSPS) is 17.0. The Hall–Kier alpha value is -4.04. The Bertz CT molecular complexity index is 1510. The molecule has 14 heteroatoms. The van der Waals surface area contributed by atoms with Crippen LogP contribution in [0.1, 0.15) is 69.1 Å². The molecule has 1 aromatic carbocycles. The molecule has 1 aliphatic rings. The molecule has 3 aromatic rings. The Morgan fingerprint density at radius 2 is 1.82 bits per heavy atom. The Morgan fingerprint density at radius 3 is 2.49 bits per heavy atom. The van der Waals surface area contributed by atoms with Crippen molar-refractivity contribution in [3.63, 3.8) is 0 Å². The van der Waals surface area contributed by atoms with Crippen LogP contribution in [0.5, 0.6) is 5.75 Å². The number of fused-ring (bicyclic) bond motifs is 1. The number of aryl methyl sites for hydroxylation is 2. The summed E-state index contributed by atoms with van der Waals surface area (Å²) in [4.78, 5) is 39.6. The summed E-state index contributed by atoms with van der Waals surface area (Å²) in [5, 5.41) is 8.12. The summed E-state index contributed by atoms with van der Waals surface area (Å²) in [6, 6.07) is 9.34. The largest absolute Gasteiger partial charge is 0.495 e. The third kappa shape index (κ3) is 7.61. The van der Waals surface area contributed by atoms with Gasteiger partial charge in [0.05, 0.1) is 23.9 Å². The van der Waals surface area contributed by atoms with Crippen molar-refractivity contribution in [3.05, 3.63) is 70.8 Å². The molecule has 2 atom stereocenters. The maximum atomic E-state index is 13.3. The van der Waals surface area contributed by atoms with E-state index in [1.54, 1.807) is 30.1 Å². The standard InChI is InChI=1S/C31H38F3N5O6/c1-7-24-17-38(18-25-26(43-24)10-9-13-35-25)15-21-14-22(12-11-20(21)3)30(6,42-19-23-16-39(8-2)37-36-23)29(4,5)27(40)44-45-28(41)31(32,33)34/h9-14,16,24H,7-8,15,17-19H2,1-6H3/t24-,30+/m1/s1. The van der Waals surface area contributed by atoms with E-state index in [-0.39, 0.29) is 12.7 Å². The summed E-state index contributed by atoms with van der Waals surface area (Å²) in [6.45, 7) is 12.7. The second-order valence-electron chi connectivity index (χ2n) is 11.7. The van der Waals surface area contributed by atoms with E-state index in [1.165, 1.54) is 13.8 Å². The van der Waals surface area contributed by atoms with Crippen LogP contribution in [0.25, 0.3) is 0 Å². The van der Waals surface area contributed by atoms with Gasteiger partial charge in [-0.2, -0.15) is 13.2 Å². The van der Waals surface area contributed by atoms with Gasteiger partial charge in [0.1, 0.15) is 23.1 Å². The van der Waals surface area contributed by atoms with Crippen LogP contribution in [0.4, 0.5) is 13.2 Å². The fraction of sp³-hybridized carbons (Fsp3) is 0.516. The number of aromatic nitrogens is 4. The van der Waals surface area contributed by atoms with E-state index in [0.29, 0.717) is 37.4 Å². The molecule has 0 saturated carbocycles. The van der Waals surface area contributed by atoms with Crippen molar-refractivity contribution < 1.29 is 42.0 Å². The van der Waals surface area contributed by atoms with Gasteiger partial charge in [0.15, 0.2) is 0 Å². The molecule has 0 N–H and O–H groups in total. The van der Waals surface area contributed by atoms with E-state index in [1.807, 2.05) is 38.1 Å². The molecule has 11 nitrogen and oxygen atoms in total. The van der Waals surface area contributed by atoms with Crippen LogP contribution in [0.3, 0.4) is 0 Å². The van der Waals surface area contributed by atoms with Crippen LogP contribution in [0.15, 0.2) is 42.7 Å². The van der Waals surface area contributed by atoms with Gasteiger partial charge < -0.3 is 9.47 Å². The molecule has 244 valence electrons. The second-order valence-corrected chi connectivity index (χ2v) is 11.7. The number of nitrogens with zero attached hydrogens (tertiary/aromatic N) is 5. The summed E-state index contributed by atoms with van der Waals surface area (Å²) in [6.07, 6.45) is -1.17. The third-order valence-electron chi connectivity index (χ3n) is 8.27. The van der Waals surface area contributed by atoms with Gasteiger partial charge >= 0.3 is 18.1 Å². The van der Waals surface area contributed by atoms with Crippen LogP contribution in [-0.4, -0.2) is 55.6 Å². The van der Waals surface area contributed by atoms with E-state index >= 15 is 0 Å². The van der Waals surface area contributed by atoms with Crippen molar-refractivity contribution in [1.82, 2.24) is 24.9 Å². The van der Waals surface area contributed by atoms with E-state index < -0.39 is 29.1 Å². The van der Waals surface area contributed by atoms with Crippen molar-refractivity contribution in [1.29, 1.82) is 0 Å². The van der Waals surface area contributed by atoms with Gasteiger partial charge in [0.2, 0.25) is 0 Å². The second kappa shape index (κ2) is 13.5. The molecule has 0 fully saturated rings. The minimum atomic E-state index is -5.34. The van der Waals surface area contributed by atoms with Crippen molar-refractivity contribution in [2.75, 3.05) is 6.54 Å². The van der Waals surface area contributed by atoms with Crippen molar-refractivity contribution in [2.45, 2.75) is 92.1 Å². The predicted octanol–water partition coefficient (Wildman–Crippen LogP) is 5.20. The van der Waals surface area contributed by atoms with E-state index in [0.717, 1.165) is 29.0 Å². The van der Waals surface area contributed by atoms with Gasteiger partial charge in [0.25, 0.3) is 0 Å². The Morgan fingerprint density at radius 1 is 1.09 bits per heavy atom. The number of halogens is 3. The first-order valence-electron chi connectivity index (χ1n) is 14.6. The maximum absolute atomic E-state index is 13.3. The Kier molecular flexibility index (Phi) is 10.2. The summed E-state index contributed by atoms with van der Waals surface area (Å²) in [7, 11) is 0. The molecule has 45 heavy (non-hydrogen) atoms. The van der Waals surface area contributed by atoms with E-state index in [9.17, 15) is 22.8 Å². The average molecular weight is 634 g/mol. The number of alkyl halides is 3. The van der Waals surface area contributed by atoms with Crippen LogP contribution in [0.2, 0.25) is 0 Å². The summed E-state index contributed by atoms with van der Waals surface area (Å²) in [5.74, 6) is -3.13. The molecule has 1 aliphatic heterocycles. The maximum Gasteiger partial charge on any atom is 0.495 e. The molecule has 0 aliphatic carbocycles. The number of rotatable bonds is 10. The number of pyridine rings is 1. The van der Waals surface area contributed by atoms with Gasteiger partial charge in [-0.1, -0.05) is 30.3 Å². The van der Waals surface area contributed by atoms with Crippen molar-refractivity contribution in [2.24, 2.45) is 5.41 Å². The van der Waals surface area contributed by atoms with Crippen LogP contribution in [-0.2, 0) is 55.9 Å². The molecular weight excluding hydrogens is 595 g/mol. The van der Waals surface area contributed by atoms with Gasteiger partial charge in [-0.3, -0.25) is 14.6 Å². The molecule has 0 saturated heterocycles. The molecule has 0 unspecified atom stereocenters.